The summed E-state index contributed by atoms with van der Waals surface area (Å²) in [5.41, 5.74) is 3.27. The molecule has 1 aliphatic carbocycles. The van der Waals surface area contributed by atoms with Crippen molar-refractivity contribution in [2.24, 2.45) is 5.16 Å². The number of unbranched alkanes of at least 4 members (excludes halogenated alkanes) is 1. The van der Waals surface area contributed by atoms with Crippen LogP contribution in [-0.4, -0.2) is 28.2 Å². The number of benzene rings is 1. The van der Waals surface area contributed by atoms with Crippen LogP contribution in [0.25, 0.3) is 0 Å². The van der Waals surface area contributed by atoms with Gasteiger partial charge in [-0.15, -0.1) is 0 Å². The van der Waals surface area contributed by atoms with E-state index >= 15 is 0 Å². The smallest absolute Gasteiger partial charge is 0.212 e. The number of aromatic nitrogens is 2. The van der Waals surface area contributed by atoms with Gasteiger partial charge < -0.3 is 9.40 Å². The average molecular weight is 283 g/mol. The van der Waals surface area contributed by atoms with Crippen molar-refractivity contribution < 1.29 is 9.63 Å². The lowest BCUT2D eigenvalue weighted by Gasteiger charge is -2.17. The molecule has 0 N–H and O–H groups in total. The molecule has 21 heavy (non-hydrogen) atoms. The van der Waals surface area contributed by atoms with Gasteiger partial charge in [-0.2, -0.15) is 0 Å². The van der Waals surface area contributed by atoms with E-state index in [1.165, 1.54) is 7.11 Å². The Labute approximate surface area is 123 Å². The topological polar surface area (TPSA) is 56.5 Å². The first-order valence-electron chi connectivity index (χ1n) is 7.08. The van der Waals surface area contributed by atoms with E-state index < -0.39 is 0 Å². The molecule has 0 unspecified atom stereocenters. The maximum atomic E-state index is 12.7. The van der Waals surface area contributed by atoms with Gasteiger partial charge in [0.15, 0.2) is 0 Å². The van der Waals surface area contributed by atoms with Crippen LogP contribution >= 0.6 is 0 Å². The van der Waals surface area contributed by atoms with Crippen LogP contribution in [0.5, 0.6) is 0 Å². The molecular weight excluding hydrogens is 266 g/mol. The van der Waals surface area contributed by atoms with Gasteiger partial charge >= 0.3 is 0 Å². The van der Waals surface area contributed by atoms with Crippen molar-refractivity contribution >= 4 is 11.5 Å². The lowest BCUT2D eigenvalue weighted by atomic mass is 9.89. The van der Waals surface area contributed by atoms with Gasteiger partial charge in [0.1, 0.15) is 24.2 Å². The van der Waals surface area contributed by atoms with Gasteiger partial charge in [-0.25, -0.2) is 4.98 Å². The first kappa shape index (κ1) is 13.5. The van der Waals surface area contributed by atoms with Gasteiger partial charge in [-0.1, -0.05) is 42.8 Å². The third-order valence-corrected chi connectivity index (χ3v) is 3.64. The SMILES string of the molecule is CCCCn1cnc2c1C(=O)c1ccccc1C2=NOC. The second-order valence-corrected chi connectivity index (χ2v) is 4.99. The Morgan fingerprint density at radius 2 is 2.05 bits per heavy atom. The summed E-state index contributed by atoms with van der Waals surface area (Å²) in [6.45, 7) is 2.91. The summed E-state index contributed by atoms with van der Waals surface area (Å²) in [4.78, 5) is 22.1. The average Bonchev–Trinajstić information content (AvgIpc) is 2.93. The number of aryl methyl sites for hydroxylation is 1. The monoisotopic (exact) mass is 283 g/mol. The summed E-state index contributed by atoms with van der Waals surface area (Å²) < 4.78 is 1.92. The molecule has 0 radical (unpaired) electrons. The third kappa shape index (κ3) is 2.14. The summed E-state index contributed by atoms with van der Waals surface area (Å²) >= 11 is 0. The number of imidazole rings is 1. The Morgan fingerprint density at radius 3 is 2.76 bits per heavy atom. The van der Waals surface area contributed by atoms with E-state index in [2.05, 4.69) is 17.1 Å². The predicted octanol–water partition coefficient (Wildman–Crippen LogP) is 2.63. The second kappa shape index (κ2) is 5.52. The van der Waals surface area contributed by atoms with Gasteiger partial charge in [0.25, 0.3) is 0 Å². The van der Waals surface area contributed by atoms with Crippen LogP contribution in [0.15, 0.2) is 35.7 Å². The summed E-state index contributed by atoms with van der Waals surface area (Å²) in [6.07, 6.45) is 3.79. The number of ketones is 1. The zero-order valence-electron chi connectivity index (χ0n) is 12.2. The minimum Gasteiger partial charge on any atom is -0.399 e. The fourth-order valence-corrected chi connectivity index (χ4v) is 2.62. The van der Waals surface area contributed by atoms with Crippen LogP contribution in [-0.2, 0) is 11.4 Å². The molecule has 3 rings (SSSR count). The van der Waals surface area contributed by atoms with Crippen molar-refractivity contribution in [3.63, 3.8) is 0 Å². The molecule has 0 aliphatic heterocycles. The number of nitrogens with zero attached hydrogens (tertiary/aromatic N) is 3. The zero-order chi connectivity index (χ0) is 14.8. The lowest BCUT2D eigenvalue weighted by Crippen LogP contribution is -2.24. The molecule has 0 bridgehead atoms. The third-order valence-electron chi connectivity index (χ3n) is 3.64. The number of carbonyl (C=O) groups is 1. The molecular formula is C16H17N3O2. The largest absolute Gasteiger partial charge is 0.399 e. The Morgan fingerprint density at radius 1 is 1.29 bits per heavy atom. The van der Waals surface area contributed by atoms with Gasteiger partial charge in [0.2, 0.25) is 5.78 Å². The molecule has 1 aliphatic rings. The normalized spacial score (nSPS) is 15.0. The lowest BCUT2D eigenvalue weighted by molar-refractivity contribution is 0.102. The number of oxime groups is 1. The molecule has 1 aromatic carbocycles. The summed E-state index contributed by atoms with van der Waals surface area (Å²) in [7, 11) is 1.50. The van der Waals surface area contributed by atoms with Crippen molar-refractivity contribution in [3.8, 4) is 0 Å². The van der Waals surface area contributed by atoms with Crippen LogP contribution in [0.1, 0.15) is 47.1 Å². The highest BCUT2D eigenvalue weighted by molar-refractivity contribution is 6.28. The number of fused-ring (bicyclic) bond motifs is 2. The predicted molar refractivity (Wildman–Crippen MR) is 79.7 cm³/mol. The summed E-state index contributed by atoms with van der Waals surface area (Å²) in [5, 5.41) is 4.08. The summed E-state index contributed by atoms with van der Waals surface area (Å²) in [5.74, 6) is 0.00394. The van der Waals surface area contributed by atoms with E-state index in [-0.39, 0.29) is 5.78 Å². The van der Waals surface area contributed by atoms with Crippen molar-refractivity contribution in [3.05, 3.63) is 53.1 Å². The maximum Gasteiger partial charge on any atom is 0.212 e. The van der Waals surface area contributed by atoms with E-state index in [1.54, 1.807) is 6.33 Å². The first-order chi connectivity index (χ1) is 10.3. The van der Waals surface area contributed by atoms with Crippen LogP contribution in [0.4, 0.5) is 0 Å². The number of rotatable bonds is 4. The zero-order valence-corrected chi connectivity index (χ0v) is 12.2. The Bertz CT molecular complexity index is 716. The second-order valence-electron chi connectivity index (χ2n) is 4.99. The molecule has 0 saturated heterocycles. The molecule has 0 spiro atoms. The van der Waals surface area contributed by atoms with E-state index in [1.807, 2.05) is 28.8 Å². The summed E-state index contributed by atoms with van der Waals surface area (Å²) in [6, 6.07) is 7.44. The Hall–Kier alpha value is -2.43. The van der Waals surface area contributed by atoms with Gasteiger partial charge in [0, 0.05) is 17.7 Å². The van der Waals surface area contributed by atoms with E-state index in [4.69, 9.17) is 4.84 Å². The molecule has 5 heteroatoms. The van der Waals surface area contributed by atoms with E-state index in [9.17, 15) is 4.79 Å². The molecule has 2 aromatic rings. The molecule has 1 aromatic heterocycles. The number of hydrogen-bond acceptors (Lipinski definition) is 4. The molecule has 108 valence electrons. The quantitative estimate of drug-likeness (QED) is 0.692. The van der Waals surface area contributed by atoms with Crippen molar-refractivity contribution in [2.75, 3.05) is 7.11 Å². The van der Waals surface area contributed by atoms with E-state index in [0.29, 0.717) is 22.7 Å². The maximum absolute atomic E-state index is 12.7. The molecule has 0 atom stereocenters. The highest BCUT2D eigenvalue weighted by atomic mass is 16.6. The molecule has 1 heterocycles. The minimum absolute atomic E-state index is 0.00394. The van der Waals surface area contributed by atoms with Gasteiger partial charge in [-0.05, 0) is 6.42 Å². The highest BCUT2D eigenvalue weighted by Gasteiger charge is 2.32. The van der Waals surface area contributed by atoms with Crippen molar-refractivity contribution in [1.29, 1.82) is 0 Å². The fraction of sp³-hybridized carbons (Fsp3) is 0.312. The molecule has 0 saturated carbocycles. The molecule has 5 nitrogen and oxygen atoms in total. The van der Waals surface area contributed by atoms with Gasteiger partial charge in [-0.3, -0.25) is 4.79 Å². The Balaban J connectivity index is 2.17. The number of hydrogen-bond donors (Lipinski definition) is 0. The van der Waals surface area contributed by atoms with Crippen molar-refractivity contribution in [2.45, 2.75) is 26.3 Å². The van der Waals surface area contributed by atoms with Crippen LogP contribution in [0.3, 0.4) is 0 Å². The van der Waals surface area contributed by atoms with Crippen LogP contribution in [0.2, 0.25) is 0 Å². The van der Waals surface area contributed by atoms with Crippen LogP contribution in [0, 0.1) is 0 Å². The molecule has 0 amide bonds. The first-order valence-corrected chi connectivity index (χ1v) is 7.08. The molecule has 0 fully saturated rings. The fourth-order valence-electron chi connectivity index (χ4n) is 2.62. The highest BCUT2D eigenvalue weighted by Crippen LogP contribution is 2.27. The number of carbonyl (C=O) groups excluding carboxylic acids is 1. The van der Waals surface area contributed by atoms with E-state index in [0.717, 1.165) is 24.9 Å². The Kier molecular flexibility index (Phi) is 3.56. The minimum atomic E-state index is 0.00394. The van der Waals surface area contributed by atoms with Gasteiger partial charge in [0.05, 0.1) is 6.33 Å². The van der Waals surface area contributed by atoms with Crippen LogP contribution < -0.4 is 0 Å². The standard InChI is InChI=1S/C16H17N3O2/c1-3-4-9-19-10-17-14-13(18-21-2)11-7-5-6-8-12(11)16(20)15(14)19/h5-8,10H,3-4,9H2,1-2H3. The van der Waals surface area contributed by atoms with Crippen molar-refractivity contribution in [1.82, 2.24) is 9.55 Å².